The quantitative estimate of drug-likeness (QED) is 0.804. The van der Waals surface area contributed by atoms with Gasteiger partial charge in [-0.1, -0.05) is 6.07 Å². The van der Waals surface area contributed by atoms with Gasteiger partial charge < -0.3 is 11.1 Å². The second-order valence-electron chi connectivity index (χ2n) is 4.24. The van der Waals surface area contributed by atoms with Crippen molar-refractivity contribution in [3.63, 3.8) is 0 Å². The highest BCUT2D eigenvalue weighted by molar-refractivity contribution is 5.94. The number of rotatable bonds is 4. The van der Waals surface area contributed by atoms with Crippen LogP contribution >= 0.6 is 12.4 Å². The average molecular weight is 255 g/mol. The van der Waals surface area contributed by atoms with Gasteiger partial charge in [0.25, 0.3) is 5.91 Å². The first-order valence-corrected chi connectivity index (χ1v) is 5.91. The minimum atomic E-state index is 0. The van der Waals surface area contributed by atoms with Gasteiger partial charge in [0.05, 0.1) is 0 Å². The van der Waals surface area contributed by atoms with E-state index in [9.17, 15) is 4.79 Å². The predicted molar refractivity (Wildman–Crippen MR) is 71.7 cm³/mol. The topological polar surface area (TPSA) is 55.1 Å². The molecule has 0 aromatic heterocycles. The molecular weight excluding hydrogens is 236 g/mol. The molecule has 1 aliphatic carbocycles. The summed E-state index contributed by atoms with van der Waals surface area (Å²) in [5.41, 5.74) is 8.89. The molecule has 0 fully saturated rings. The Bertz CT molecular complexity index is 393. The molecule has 4 heteroatoms. The van der Waals surface area contributed by atoms with E-state index >= 15 is 0 Å². The molecule has 0 spiro atoms. The first kappa shape index (κ1) is 14.0. The number of halogens is 1. The molecule has 0 unspecified atom stereocenters. The smallest absolute Gasteiger partial charge is 0.251 e. The molecule has 0 radical (unpaired) electrons. The largest absolute Gasteiger partial charge is 0.352 e. The van der Waals surface area contributed by atoms with Crippen LogP contribution in [0.5, 0.6) is 0 Å². The number of nitrogens with one attached hydrogen (secondary N) is 1. The molecule has 0 saturated carbocycles. The van der Waals surface area contributed by atoms with Crippen LogP contribution < -0.4 is 11.1 Å². The molecule has 1 aromatic rings. The SMILES string of the molecule is Cl.NCCCNC(=O)c1ccc2c(c1)CCC2. The second kappa shape index (κ2) is 6.62. The van der Waals surface area contributed by atoms with Gasteiger partial charge in [-0.3, -0.25) is 4.79 Å². The van der Waals surface area contributed by atoms with Crippen molar-refractivity contribution in [2.75, 3.05) is 13.1 Å². The normalized spacial score (nSPS) is 12.8. The Balaban J connectivity index is 0.00000144. The summed E-state index contributed by atoms with van der Waals surface area (Å²) < 4.78 is 0. The molecule has 2 rings (SSSR count). The molecule has 3 N–H and O–H groups in total. The zero-order valence-corrected chi connectivity index (χ0v) is 10.7. The fourth-order valence-electron chi connectivity index (χ4n) is 2.12. The van der Waals surface area contributed by atoms with Crippen LogP contribution in [-0.4, -0.2) is 19.0 Å². The number of carbonyl (C=O) groups is 1. The lowest BCUT2D eigenvalue weighted by molar-refractivity contribution is 0.0953. The first-order chi connectivity index (χ1) is 7.81. The summed E-state index contributed by atoms with van der Waals surface area (Å²) in [6.45, 7) is 1.27. The van der Waals surface area contributed by atoms with Crippen molar-refractivity contribution in [2.24, 2.45) is 5.73 Å². The maximum absolute atomic E-state index is 11.8. The van der Waals surface area contributed by atoms with Gasteiger partial charge in [-0.15, -0.1) is 12.4 Å². The Kier molecular flexibility index (Phi) is 5.45. The number of benzene rings is 1. The lowest BCUT2D eigenvalue weighted by Crippen LogP contribution is -2.26. The number of hydrogen-bond acceptors (Lipinski definition) is 2. The molecular formula is C13H19ClN2O. The minimum Gasteiger partial charge on any atom is -0.352 e. The van der Waals surface area contributed by atoms with E-state index in [0.29, 0.717) is 13.1 Å². The fraction of sp³-hybridized carbons (Fsp3) is 0.462. The Morgan fingerprint density at radius 1 is 1.29 bits per heavy atom. The molecule has 0 saturated heterocycles. The van der Waals surface area contributed by atoms with Crippen molar-refractivity contribution < 1.29 is 4.79 Å². The standard InChI is InChI=1S/C13H18N2O.ClH/c14-7-2-8-15-13(16)12-6-5-10-3-1-4-11(10)9-12;/h5-6,9H,1-4,7-8,14H2,(H,15,16);1H. The summed E-state index contributed by atoms with van der Waals surface area (Å²) in [5.74, 6) is 0.0168. The third kappa shape index (κ3) is 3.45. The lowest BCUT2D eigenvalue weighted by atomic mass is 10.1. The van der Waals surface area contributed by atoms with Gasteiger partial charge in [-0.25, -0.2) is 0 Å². The van der Waals surface area contributed by atoms with Crippen LogP contribution in [0.15, 0.2) is 18.2 Å². The average Bonchev–Trinajstić information content (AvgIpc) is 2.76. The molecule has 17 heavy (non-hydrogen) atoms. The van der Waals surface area contributed by atoms with E-state index < -0.39 is 0 Å². The van der Waals surface area contributed by atoms with Crippen molar-refractivity contribution in [3.8, 4) is 0 Å². The van der Waals surface area contributed by atoms with E-state index in [1.54, 1.807) is 0 Å². The number of aryl methyl sites for hydroxylation is 2. The molecule has 3 nitrogen and oxygen atoms in total. The van der Waals surface area contributed by atoms with E-state index in [1.807, 2.05) is 12.1 Å². The summed E-state index contributed by atoms with van der Waals surface area (Å²) in [5, 5.41) is 2.87. The third-order valence-electron chi connectivity index (χ3n) is 3.03. The molecule has 0 atom stereocenters. The van der Waals surface area contributed by atoms with E-state index in [0.717, 1.165) is 24.8 Å². The number of amides is 1. The number of fused-ring (bicyclic) bond motifs is 1. The van der Waals surface area contributed by atoms with Crippen LogP contribution in [-0.2, 0) is 12.8 Å². The number of nitrogens with two attached hydrogens (primary N) is 1. The van der Waals surface area contributed by atoms with Gasteiger partial charge in [0.2, 0.25) is 0 Å². The van der Waals surface area contributed by atoms with Crippen LogP contribution in [0.25, 0.3) is 0 Å². The van der Waals surface area contributed by atoms with Gasteiger partial charge in [-0.2, -0.15) is 0 Å². The van der Waals surface area contributed by atoms with E-state index in [2.05, 4.69) is 11.4 Å². The predicted octanol–water partition coefficient (Wildman–Crippen LogP) is 1.68. The summed E-state index contributed by atoms with van der Waals surface area (Å²) in [4.78, 5) is 11.8. The van der Waals surface area contributed by atoms with Crippen LogP contribution in [0.1, 0.15) is 34.3 Å². The molecule has 1 aliphatic rings. The van der Waals surface area contributed by atoms with Crippen LogP contribution in [0.3, 0.4) is 0 Å². The van der Waals surface area contributed by atoms with Gasteiger partial charge in [0.1, 0.15) is 0 Å². The number of carbonyl (C=O) groups excluding carboxylic acids is 1. The molecule has 1 aromatic carbocycles. The van der Waals surface area contributed by atoms with Crippen molar-refractivity contribution in [1.82, 2.24) is 5.32 Å². The third-order valence-corrected chi connectivity index (χ3v) is 3.03. The maximum Gasteiger partial charge on any atom is 0.251 e. The fourth-order valence-corrected chi connectivity index (χ4v) is 2.12. The van der Waals surface area contributed by atoms with Crippen molar-refractivity contribution in [3.05, 3.63) is 34.9 Å². The molecule has 1 amide bonds. The number of hydrogen-bond donors (Lipinski definition) is 2. The van der Waals surface area contributed by atoms with E-state index in [1.165, 1.54) is 17.5 Å². The zero-order chi connectivity index (χ0) is 11.4. The minimum absolute atomic E-state index is 0. The van der Waals surface area contributed by atoms with Gasteiger partial charge in [0.15, 0.2) is 0 Å². The Morgan fingerprint density at radius 2 is 2.06 bits per heavy atom. The van der Waals surface area contributed by atoms with E-state index in [4.69, 9.17) is 5.73 Å². The molecule has 0 heterocycles. The monoisotopic (exact) mass is 254 g/mol. The van der Waals surface area contributed by atoms with Crippen molar-refractivity contribution in [2.45, 2.75) is 25.7 Å². The lowest BCUT2D eigenvalue weighted by Gasteiger charge is -2.06. The Hall–Kier alpha value is -1.06. The van der Waals surface area contributed by atoms with Gasteiger partial charge >= 0.3 is 0 Å². The van der Waals surface area contributed by atoms with Crippen LogP contribution in [0, 0.1) is 0 Å². The highest BCUT2D eigenvalue weighted by Crippen LogP contribution is 2.22. The molecule has 0 aliphatic heterocycles. The van der Waals surface area contributed by atoms with Gasteiger partial charge in [-0.05, 0) is 55.5 Å². The van der Waals surface area contributed by atoms with Crippen LogP contribution in [0.2, 0.25) is 0 Å². The maximum atomic E-state index is 11.8. The summed E-state index contributed by atoms with van der Waals surface area (Å²) in [6.07, 6.45) is 4.31. The second-order valence-corrected chi connectivity index (χ2v) is 4.24. The summed E-state index contributed by atoms with van der Waals surface area (Å²) in [7, 11) is 0. The molecule has 0 bridgehead atoms. The van der Waals surface area contributed by atoms with Crippen molar-refractivity contribution >= 4 is 18.3 Å². The van der Waals surface area contributed by atoms with Gasteiger partial charge in [0, 0.05) is 12.1 Å². The summed E-state index contributed by atoms with van der Waals surface area (Å²) in [6, 6.07) is 6.03. The highest BCUT2D eigenvalue weighted by Gasteiger charge is 2.13. The zero-order valence-electron chi connectivity index (χ0n) is 9.87. The highest BCUT2D eigenvalue weighted by atomic mass is 35.5. The van der Waals surface area contributed by atoms with E-state index in [-0.39, 0.29) is 18.3 Å². The Morgan fingerprint density at radius 3 is 2.82 bits per heavy atom. The summed E-state index contributed by atoms with van der Waals surface area (Å²) >= 11 is 0. The van der Waals surface area contributed by atoms with Crippen molar-refractivity contribution in [1.29, 1.82) is 0 Å². The van der Waals surface area contributed by atoms with Crippen LogP contribution in [0.4, 0.5) is 0 Å². The Labute approximate surface area is 108 Å². The molecule has 94 valence electrons. The first-order valence-electron chi connectivity index (χ1n) is 5.91.